The fraction of sp³-hybridized carbons (Fsp3) is 0.318. The minimum atomic E-state index is -0.0124. The molecule has 0 spiro atoms. The molecular formula is C22H24N4O3S. The Kier molecular flexibility index (Phi) is 6.53. The summed E-state index contributed by atoms with van der Waals surface area (Å²) in [6, 6.07) is 15.7. The first-order valence-corrected chi connectivity index (χ1v) is 11.0. The van der Waals surface area contributed by atoms with Crippen molar-refractivity contribution in [2.24, 2.45) is 0 Å². The summed E-state index contributed by atoms with van der Waals surface area (Å²) >= 11 is 1.37. The molecule has 1 amide bonds. The maximum absolute atomic E-state index is 12.1. The number of hydrogen-bond acceptors (Lipinski definition) is 6. The maximum Gasteiger partial charge on any atom is 0.230 e. The summed E-state index contributed by atoms with van der Waals surface area (Å²) < 4.78 is 13.5. The molecule has 0 radical (unpaired) electrons. The quantitative estimate of drug-likeness (QED) is 0.583. The standard InChI is InChI=1S/C22H24N4O3S/c1-2-11-23-20(27)15-30-22-25-24-21(26(22)17-7-4-3-5-8-17)16-9-10-18-19(14-16)29-13-6-12-28-18/h3-5,7-10,14H,2,6,11-13,15H2,1H3,(H,23,27). The van der Waals surface area contributed by atoms with Gasteiger partial charge in [-0.2, -0.15) is 0 Å². The van der Waals surface area contributed by atoms with Crippen LogP contribution in [0.5, 0.6) is 11.5 Å². The van der Waals surface area contributed by atoms with Crippen LogP contribution in [0.4, 0.5) is 0 Å². The van der Waals surface area contributed by atoms with Crippen LogP contribution in [0.15, 0.2) is 53.7 Å². The van der Waals surface area contributed by atoms with Crippen molar-refractivity contribution in [3.8, 4) is 28.6 Å². The van der Waals surface area contributed by atoms with Crippen molar-refractivity contribution in [1.82, 2.24) is 20.1 Å². The molecule has 0 saturated heterocycles. The zero-order valence-electron chi connectivity index (χ0n) is 16.8. The van der Waals surface area contributed by atoms with Gasteiger partial charge in [0, 0.05) is 24.2 Å². The van der Waals surface area contributed by atoms with Crippen LogP contribution in [0, 0.1) is 0 Å². The van der Waals surface area contributed by atoms with Gasteiger partial charge in [-0.1, -0.05) is 36.9 Å². The Hall–Kier alpha value is -3.00. The number of nitrogens with one attached hydrogen (secondary N) is 1. The Morgan fingerprint density at radius 2 is 1.90 bits per heavy atom. The van der Waals surface area contributed by atoms with Gasteiger partial charge in [-0.3, -0.25) is 9.36 Å². The lowest BCUT2D eigenvalue weighted by molar-refractivity contribution is -0.118. The molecule has 1 aliphatic rings. The molecule has 4 rings (SSSR count). The number of carbonyl (C=O) groups is 1. The molecule has 0 fully saturated rings. The van der Waals surface area contributed by atoms with Gasteiger partial charge in [0.05, 0.1) is 19.0 Å². The molecule has 7 nitrogen and oxygen atoms in total. The number of rotatable bonds is 7. The Morgan fingerprint density at radius 3 is 2.70 bits per heavy atom. The van der Waals surface area contributed by atoms with E-state index in [1.54, 1.807) is 0 Å². The summed E-state index contributed by atoms with van der Waals surface area (Å²) in [4.78, 5) is 12.1. The lowest BCUT2D eigenvalue weighted by Crippen LogP contribution is -2.25. The lowest BCUT2D eigenvalue weighted by atomic mass is 10.2. The summed E-state index contributed by atoms with van der Waals surface area (Å²) in [5.74, 6) is 2.41. The van der Waals surface area contributed by atoms with Gasteiger partial charge in [0.15, 0.2) is 22.5 Å². The third-order valence-corrected chi connectivity index (χ3v) is 5.49. The number of hydrogen-bond donors (Lipinski definition) is 1. The number of benzene rings is 2. The first kappa shape index (κ1) is 20.3. The number of aromatic nitrogens is 3. The monoisotopic (exact) mass is 424 g/mol. The Bertz CT molecular complexity index is 1010. The highest BCUT2D eigenvalue weighted by molar-refractivity contribution is 7.99. The SMILES string of the molecule is CCCNC(=O)CSc1nnc(-c2ccc3c(c2)OCCCO3)n1-c1ccccc1. The molecule has 1 aromatic heterocycles. The molecule has 0 unspecified atom stereocenters. The smallest absolute Gasteiger partial charge is 0.230 e. The van der Waals surface area contributed by atoms with Gasteiger partial charge in [-0.15, -0.1) is 10.2 Å². The number of carbonyl (C=O) groups excluding carboxylic acids is 1. The van der Waals surface area contributed by atoms with Gasteiger partial charge >= 0.3 is 0 Å². The molecule has 156 valence electrons. The predicted molar refractivity (Wildman–Crippen MR) is 116 cm³/mol. The summed E-state index contributed by atoms with van der Waals surface area (Å²) in [6.45, 7) is 3.97. The van der Waals surface area contributed by atoms with Crippen LogP contribution in [-0.2, 0) is 4.79 Å². The van der Waals surface area contributed by atoms with Crippen LogP contribution < -0.4 is 14.8 Å². The molecule has 1 aliphatic heterocycles. The van der Waals surface area contributed by atoms with Crippen molar-refractivity contribution in [3.05, 3.63) is 48.5 Å². The largest absolute Gasteiger partial charge is 0.490 e. The Morgan fingerprint density at radius 1 is 1.10 bits per heavy atom. The van der Waals surface area contributed by atoms with Crippen LogP contribution >= 0.6 is 11.8 Å². The van der Waals surface area contributed by atoms with Gasteiger partial charge in [0.1, 0.15) is 0 Å². The molecule has 3 aromatic rings. The van der Waals surface area contributed by atoms with Crippen molar-refractivity contribution < 1.29 is 14.3 Å². The second-order valence-electron chi connectivity index (χ2n) is 6.83. The summed E-state index contributed by atoms with van der Waals surface area (Å²) in [5.41, 5.74) is 1.80. The van der Waals surface area contributed by atoms with Crippen molar-refractivity contribution in [1.29, 1.82) is 0 Å². The average Bonchev–Trinajstić information content (AvgIpc) is 3.06. The van der Waals surface area contributed by atoms with E-state index in [0.717, 1.165) is 29.8 Å². The molecule has 1 N–H and O–H groups in total. The Labute approximate surface area is 179 Å². The fourth-order valence-electron chi connectivity index (χ4n) is 3.11. The van der Waals surface area contributed by atoms with E-state index in [4.69, 9.17) is 9.47 Å². The van der Waals surface area contributed by atoms with Crippen LogP contribution in [0.25, 0.3) is 17.1 Å². The van der Waals surface area contributed by atoms with Crippen LogP contribution in [0.2, 0.25) is 0 Å². The minimum absolute atomic E-state index is 0.0124. The highest BCUT2D eigenvalue weighted by atomic mass is 32.2. The van der Waals surface area contributed by atoms with E-state index in [-0.39, 0.29) is 11.7 Å². The maximum atomic E-state index is 12.1. The third kappa shape index (κ3) is 4.59. The van der Waals surface area contributed by atoms with E-state index >= 15 is 0 Å². The average molecular weight is 425 g/mol. The fourth-order valence-corrected chi connectivity index (χ4v) is 3.89. The highest BCUT2D eigenvalue weighted by Crippen LogP contribution is 2.35. The zero-order chi connectivity index (χ0) is 20.8. The zero-order valence-corrected chi connectivity index (χ0v) is 17.7. The molecule has 30 heavy (non-hydrogen) atoms. The summed E-state index contributed by atoms with van der Waals surface area (Å²) in [6.07, 6.45) is 1.76. The number of thioether (sulfide) groups is 1. The van der Waals surface area contributed by atoms with Gasteiger partial charge in [-0.25, -0.2) is 0 Å². The molecule has 0 atom stereocenters. The minimum Gasteiger partial charge on any atom is -0.490 e. The first-order valence-electron chi connectivity index (χ1n) is 10.1. The van der Waals surface area contributed by atoms with E-state index in [1.807, 2.05) is 60.0 Å². The number of amides is 1. The van der Waals surface area contributed by atoms with E-state index < -0.39 is 0 Å². The second-order valence-corrected chi connectivity index (χ2v) is 7.77. The predicted octanol–water partition coefficient (Wildman–Crippen LogP) is 3.71. The molecule has 2 aromatic carbocycles. The number of ether oxygens (including phenoxy) is 2. The van der Waals surface area contributed by atoms with Crippen molar-refractivity contribution in [3.63, 3.8) is 0 Å². The van der Waals surface area contributed by atoms with Gasteiger partial charge < -0.3 is 14.8 Å². The number of para-hydroxylation sites is 1. The summed E-state index contributed by atoms with van der Waals surface area (Å²) in [5, 5.41) is 12.4. The van der Waals surface area contributed by atoms with Crippen molar-refractivity contribution >= 4 is 17.7 Å². The Balaban J connectivity index is 1.67. The van der Waals surface area contributed by atoms with Crippen LogP contribution in [-0.4, -0.2) is 46.2 Å². The van der Waals surface area contributed by atoms with Crippen molar-refractivity contribution in [2.45, 2.75) is 24.9 Å². The molecule has 0 saturated carbocycles. The van der Waals surface area contributed by atoms with Crippen molar-refractivity contribution in [2.75, 3.05) is 25.5 Å². The van der Waals surface area contributed by atoms with E-state index in [9.17, 15) is 4.79 Å². The number of nitrogens with zero attached hydrogens (tertiary/aromatic N) is 3. The second kappa shape index (κ2) is 9.67. The molecule has 0 aliphatic carbocycles. The van der Waals surface area contributed by atoms with Gasteiger partial charge in [-0.05, 0) is 36.8 Å². The number of fused-ring (bicyclic) bond motifs is 1. The van der Waals surface area contributed by atoms with Gasteiger partial charge in [0.2, 0.25) is 5.91 Å². The molecule has 0 bridgehead atoms. The molecule has 2 heterocycles. The van der Waals surface area contributed by atoms with E-state index in [2.05, 4.69) is 15.5 Å². The summed E-state index contributed by atoms with van der Waals surface area (Å²) in [7, 11) is 0. The van der Waals surface area contributed by atoms with Crippen LogP contribution in [0.3, 0.4) is 0 Å². The normalized spacial score (nSPS) is 13.0. The van der Waals surface area contributed by atoms with Gasteiger partial charge in [0.25, 0.3) is 0 Å². The molecule has 8 heteroatoms. The topological polar surface area (TPSA) is 78.3 Å². The third-order valence-electron chi connectivity index (χ3n) is 4.56. The van der Waals surface area contributed by atoms with Crippen LogP contribution in [0.1, 0.15) is 19.8 Å². The first-order chi connectivity index (χ1) is 14.8. The molecular weight excluding hydrogens is 400 g/mol. The highest BCUT2D eigenvalue weighted by Gasteiger charge is 2.19. The lowest BCUT2D eigenvalue weighted by Gasteiger charge is -2.12. The van der Waals surface area contributed by atoms with E-state index in [0.29, 0.717) is 36.5 Å². The van der Waals surface area contributed by atoms with E-state index in [1.165, 1.54) is 11.8 Å².